The van der Waals surface area contributed by atoms with Gasteiger partial charge in [0.2, 0.25) is 0 Å². The summed E-state index contributed by atoms with van der Waals surface area (Å²) in [6, 6.07) is 2.33. The zero-order chi connectivity index (χ0) is 12.3. The van der Waals surface area contributed by atoms with E-state index in [2.05, 4.69) is 6.07 Å². The Morgan fingerprint density at radius 3 is 2.62 bits per heavy atom. The molecule has 4 heteroatoms. The number of amides is 1. The zero-order valence-electron chi connectivity index (χ0n) is 10.5. The van der Waals surface area contributed by atoms with Crippen molar-refractivity contribution in [3.8, 4) is 6.07 Å². The summed E-state index contributed by atoms with van der Waals surface area (Å²) in [5, 5.41) is 8.72. The molecule has 0 aromatic rings. The summed E-state index contributed by atoms with van der Waals surface area (Å²) in [7, 11) is 0. The van der Waals surface area contributed by atoms with E-state index >= 15 is 0 Å². The van der Waals surface area contributed by atoms with Crippen molar-refractivity contribution in [3.05, 3.63) is 0 Å². The van der Waals surface area contributed by atoms with Crippen LogP contribution in [0.3, 0.4) is 0 Å². The lowest BCUT2D eigenvalue weighted by Gasteiger charge is -2.30. The maximum Gasteiger partial charge on any atom is 0.410 e. The molecule has 1 aliphatic heterocycles. The van der Waals surface area contributed by atoms with Crippen molar-refractivity contribution in [2.24, 2.45) is 0 Å². The van der Waals surface area contributed by atoms with E-state index in [0.29, 0.717) is 6.42 Å². The molecule has 2 atom stereocenters. The van der Waals surface area contributed by atoms with Gasteiger partial charge in [-0.05, 0) is 40.5 Å². The van der Waals surface area contributed by atoms with E-state index in [0.717, 1.165) is 12.8 Å². The number of likely N-dealkylation sites (tertiary alicyclic amines) is 1. The molecule has 1 aliphatic rings. The van der Waals surface area contributed by atoms with Crippen LogP contribution in [0.25, 0.3) is 0 Å². The Morgan fingerprint density at radius 1 is 1.50 bits per heavy atom. The molecule has 0 bridgehead atoms. The highest BCUT2D eigenvalue weighted by Crippen LogP contribution is 2.27. The summed E-state index contributed by atoms with van der Waals surface area (Å²) < 4.78 is 5.35. The number of hydrogen-bond acceptors (Lipinski definition) is 3. The summed E-state index contributed by atoms with van der Waals surface area (Å²) in [5.41, 5.74) is -0.476. The van der Waals surface area contributed by atoms with Crippen molar-refractivity contribution in [2.45, 2.75) is 64.6 Å². The van der Waals surface area contributed by atoms with Gasteiger partial charge < -0.3 is 9.64 Å². The molecule has 1 amide bonds. The predicted molar refractivity (Wildman–Crippen MR) is 60.8 cm³/mol. The lowest BCUT2D eigenvalue weighted by Crippen LogP contribution is -2.43. The third-order valence-corrected chi connectivity index (χ3v) is 2.72. The summed E-state index contributed by atoms with van der Waals surface area (Å²) in [5.74, 6) is 0. The maximum absolute atomic E-state index is 12.0. The van der Waals surface area contributed by atoms with Gasteiger partial charge in [0.25, 0.3) is 0 Å². The van der Waals surface area contributed by atoms with E-state index in [1.54, 1.807) is 4.90 Å². The minimum Gasteiger partial charge on any atom is -0.444 e. The molecule has 90 valence electrons. The topological polar surface area (TPSA) is 53.3 Å². The number of rotatable bonds is 1. The van der Waals surface area contributed by atoms with Gasteiger partial charge in [-0.1, -0.05) is 0 Å². The van der Waals surface area contributed by atoms with Crippen LogP contribution in [0.2, 0.25) is 0 Å². The molecule has 0 aliphatic carbocycles. The van der Waals surface area contributed by atoms with E-state index in [4.69, 9.17) is 10.00 Å². The zero-order valence-corrected chi connectivity index (χ0v) is 10.5. The quantitative estimate of drug-likeness (QED) is 0.688. The van der Waals surface area contributed by atoms with Gasteiger partial charge in [-0.3, -0.25) is 0 Å². The van der Waals surface area contributed by atoms with Gasteiger partial charge in [-0.2, -0.15) is 5.26 Å². The molecule has 16 heavy (non-hydrogen) atoms. The third kappa shape index (κ3) is 3.13. The standard InChI is InChI=1S/C12H20N2O2/c1-9-5-6-10(7-8-13)14(9)11(15)16-12(2,3)4/h9-10H,5-7H2,1-4H3/t9-,10-/m0/s1. The van der Waals surface area contributed by atoms with Crippen LogP contribution in [0, 0.1) is 11.3 Å². The average molecular weight is 224 g/mol. The smallest absolute Gasteiger partial charge is 0.410 e. The monoisotopic (exact) mass is 224 g/mol. The number of nitrogens with zero attached hydrogens (tertiary/aromatic N) is 2. The van der Waals surface area contributed by atoms with Gasteiger partial charge in [-0.15, -0.1) is 0 Å². The minimum atomic E-state index is -0.476. The number of ether oxygens (including phenoxy) is 1. The molecule has 1 heterocycles. The predicted octanol–water partition coefficient (Wildman–Crippen LogP) is 2.69. The Bertz CT molecular complexity index is 301. The van der Waals surface area contributed by atoms with Crippen LogP contribution >= 0.6 is 0 Å². The van der Waals surface area contributed by atoms with Crippen molar-refractivity contribution >= 4 is 6.09 Å². The van der Waals surface area contributed by atoms with Crippen molar-refractivity contribution < 1.29 is 9.53 Å². The van der Waals surface area contributed by atoms with Crippen molar-refractivity contribution in [1.29, 1.82) is 5.26 Å². The number of carbonyl (C=O) groups is 1. The van der Waals surface area contributed by atoms with E-state index < -0.39 is 5.60 Å². The highest BCUT2D eigenvalue weighted by atomic mass is 16.6. The second kappa shape index (κ2) is 4.73. The number of carbonyl (C=O) groups excluding carboxylic acids is 1. The SMILES string of the molecule is C[C@H]1CC[C@@H](CC#N)N1C(=O)OC(C)(C)C. The second-order valence-corrected chi connectivity index (χ2v) is 5.33. The van der Waals surface area contributed by atoms with Crippen LogP contribution in [0.5, 0.6) is 0 Å². The second-order valence-electron chi connectivity index (χ2n) is 5.33. The van der Waals surface area contributed by atoms with Gasteiger partial charge in [0, 0.05) is 12.1 Å². The van der Waals surface area contributed by atoms with Crippen LogP contribution in [-0.2, 0) is 4.74 Å². The summed E-state index contributed by atoms with van der Waals surface area (Å²) in [6.45, 7) is 7.56. The van der Waals surface area contributed by atoms with Crippen LogP contribution < -0.4 is 0 Å². The summed E-state index contributed by atoms with van der Waals surface area (Å²) >= 11 is 0. The van der Waals surface area contributed by atoms with Gasteiger partial charge in [-0.25, -0.2) is 4.79 Å². The molecule has 1 rings (SSSR count). The fourth-order valence-corrected chi connectivity index (χ4v) is 2.02. The van der Waals surface area contributed by atoms with Gasteiger partial charge >= 0.3 is 6.09 Å². The largest absolute Gasteiger partial charge is 0.444 e. The first-order valence-corrected chi connectivity index (χ1v) is 5.73. The van der Waals surface area contributed by atoms with Crippen molar-refractivity contribution in [1.82, 2.24) is 4.90 Å². The molecule has 0 aromatic carbocycles. The molecule has 0 saturated carbocycles. The number of hydrogen-bond donors (Lipinski definition) is 0. The molecule has 1 saturated heterocycles. The normalized spacial score (nSPS) is 25.3. The molecular weight excluding hydrogens is 204 g/mol. The van der Waals surface area contributed by atoms with Gasteiger partial charge in [0.15, 0.2) is 0 Å². The molecular formula is C12H20N2O2. The maximum atomic E-state index is 12.0. The van der Waals surface area contributed by atoms with Crippen LogP contribution in [-0.4, -0.2) is 28.7 Å². The molecule has 1 fully saturated rings. The summed E-state index contributed by atoms with van der Waals surface area (Å²) in [6.07, 6.45) is 1.95. The summed E-state index contributed by atoms with van der Waals surface area (Å²) in [4.78, 5) is 13.7. The van der Waals surface area contributed by atoms with Crippen LogP contribution in [0.1, 0.15) is 47.0 Å². The Hall–Kier alpha value is -1.24. The molecule has 0 N–H and O–H groups in total. The molecule has 0 spiro atoms. The highest BCUT2D eigenvalue weighted by Gasteiger charge is 2.36. The van der Waals surface area contributed by atoms with Crippen LogP contribution in [0.15, 0.2) is 0 Å². The van der Waals surface area contributed by atoms with Gasteiger partial charge in [0.05, 0.1) is 12.5 Å². The first-order chi connectivity index (χ1) is 7.35. The highest BCUT2D eigenvalue weighted by molar-refractivity contribution is 5.69. The lowest BCUT2D eigenvalue weighted by atomic mass is 10.1. The molecule has 0 radical (unpaired) electrons. The molecule has 4 nitrogen and oxygen atoms in total. The Kier molecular flexibility index (Phi) is 3.79. The Balaban J connectivity index is 2.69. The van der Waals surface area contributed by atoms with Gasteiger partial charge in [0.1, 0.15) is 5.60 Å². The number of nitriles is 1. The minimum absolute atomic E-state index is 0.0230. The molecule has 0 aromatic heterocycles. The van der Waals surface area contributed by atoms with Crippen molar-refractivity contribution in [3.63, 3.8) is 0 Å². The first kappa shape index (κ1) is 12.8. The van der Waals surface area contributed by atoms with E-state index in [1.807, 2.05) is 27.7 Å². The van der Waals surface area contributed by atoms with Crippen LogP contribution in [0.4, 0.5) is 4.79 Å². The third-order valence-electron chi connectivity index (χ3n) is 2.72. The van der Waals surface area contributed by atoms with E-state index in [1.165, 1.54) is 0 Å². The van der Waals surface area contributed by atoms with Crippen molar-refractivity contribution in [2.75, 3.05) is 0 Å². The average Bonchev–Trinajstić information content (AvgIpc) is 2.44. The lowest BCUT2D eigenvalue weighted by molar-refractivity contribution is 0.0164. The Morgan fingerprint density at radius 2 is 2.12 bits per heavy atom. The molecule has 0 unspecified atom stereocenters. The fraction of sp³-hybridized carbons (Fsp3) is 0.833. The first-order valence-electron chi connectivity index (χ1n) is 5.73. The Labute approximate surface area is 97.2 Å². The van der Waals surface area contributed by atoms with E-state index in [-0.39, 0.29) is 18.2 Å². The fourth-order valence-electron chi connectivity index (χ4n) is 2.02. The van der Waals surface area contributed by atoms with E-state index in [9.17, 15) is 4.79 Å².